The Kier molecular flexibility index (Phi) is 7.20. The number of benzene rings is 3. The Hall–Kier alpha value is -3.50. The summed E-state index contributed by atoms with van der Waals surface area (Å²) in [4.78, 5) is 17.9. The van der Waals surface area contributed by atoms with Crippen LogP contribution in [0.15, 0.2) is 91.1 Å². The number of nitrogens with two attached hydrogens (primary N) is 1. The number of fused-ring (bicyclic) bond motifs is 1. The van der Waals surface area contributed by atoms with Crippen molar-refractivity contribution in [3.63, 3.8) is 0 Å². The summed E-state index contributed by atoms with van der Waals surface area (Å²) in [6, 6.07) is 29.2. The van der Waals surface area contributed by atoms with Crippen LogP contribution in [0.3, 0.4) is 0 Å². The lowest BCUT2D eigenvalue weighted by atomic mass is 9.81. The van der Waals surface area contributed by atoms with Crippen molar-refractivity contribution >= 4 is 16.8 Å². The molecule has 3 N–H and O–H groups in total. The second-order valence-electron chi connectivity index (χ2n) is 9.71. The van der Waals surface area contributed by atoms with Gasteiger partial charge in [-0.25, -0.2) is 0 Å². The van der Waals surface area contributed by atoms with Crippen molar-refractivity contribution in [3.05, 3.63) is 102 Å². The summed E-state index contributed by atoms with van der Waals surface area (Å²) < 4.78 is 0. The first kappa shape index (κ1) is 23.3. The predicted molar refractivity (Wildman–Crippen MR) is 143 cm³/mol. The van der Waals surface area contributed by atoms with E-state index in [1.807, 2.05) is 24.4 Å². The first-order valence-corrected chi connectivity index (χ1v) is 12.7. The molecular formula is C31H33N3O. The standard InChI is InChI=1S/C31H33N3O/c32-21-23-14-16-24(17-15-23)31(35)34-30(19-22-7-2-1-3-8-22)26-10-4-9-25(20-26)27-11-5-13-29-28(27)12-6-18-33-29/h1-13,18,20,23-24,30H,14-17,19,21,32H2,(H,34,35). The molecule has 178 valence electrons. The minimum absolute atomic E-state index is 0.0726. The molecule has 1 heterocycles. The number of amides is 1. The van der Waals surface area contributed by atoms with Gasteiger partial charge in [-0.1, -0.05) is 66.7 Å². The van der Waals surface area contributed by atoms with E-state index in [0.717, 1.165) is 66.2 Å². The maximum absolute atomic E-state index is 13.3. The summed E-state index contributed by atoms with van der Waals surface area (Å²) in [5, 5.41) is 4.55. The van der Waals surface area contributed by atoms with Gasteiger partial charge in [0, 0.05) is 17.5 Å². The zero-order valence-electron chi connectivity index (χ0n) is 20.1. The van der Waals surface area contributed by atoms with E-state index in [4.69, 9.17) is 5.73 Å². The van der Waals surface area contributed by atoms with Crippen molar-refractivity contribution < 1.29 is 4.79 Å². The molecule has 1 fully saturated rings. The third-order valence-corrected chi connectivity index (χ3v) is 7.40. The summed E-state index contributed by atoms with van der Waals surface area (Å²) >= 11 is 0. The summed E-state index contributed by atoms with van der Waals surface area (Å²) in [5.41, 5.74) is 11.5. The fourth-order valence-electron chi connectivity index (χ4n) is 5.33. The Morgan fingerprint density at radius 1 is 0.914 bits per heavy atom. The van der Waals surface area contributed by atoms with Crippen LogP contribution in [-0.4, -0.2) is 17.4 Å². The van der Waals surface area contributed by atoms with Gasteiger partial charge in [0.25, 0.3) is 0 Å². The van der Waals surface area contributed by atoms with Crippen LogP contribution in [0.4, 0.5) is 0 Å². The molecule has 1 saturated carbocycles. The summed E-state index contributed by atoms with van der Waals surface area (Å²) in [6.45, 7) is 0.724. The first-order valence-electron chi connectivity index (χ1n) is 12.7. The van der Waals surface area contributed by atoms with Gasteiger partial charge in [0.2, 0.25) is 5.91 Å². The normalized spacial score (nSPS) is 18.8. The highest BCUT2D eigenvalue weighted by molar-refractivity contribution is 5.94. The summed E-state index contributed by atoms with van der Waals surface area (Å²) in [5.74, 6) is 0.801. The van der Waals surface area contributed by atoms with Gasteiger partial charge in [-0.3, -0.25) is 9.78 Å². The van der Waals surface area contributed by atoms with Crippen molar-refractivity contribution in [2.75, 3.05) is 6.54 Å². The van der Waals surface area contributed by atoms with E-state index in [0.29, 0.717) is 5.92 Å². The van der Waals surface area contributed by atoms with Crippen molar-refractivity contribution in [1.82, 2.24) is 10.3 Å². The van der Waals surface area contributed by atoms with Crippen LogP contribution in [-0.2, 0) is 11.2 Å². The van der Waals surface area contributed by atoms with Gasteiger partial charge in [-0.2, -0.15) is 0 Å². The monoisotopic (exact) mass is 463 g/mol. The number of hydrogen-bond donors (Lipinski definition) is 2. The van der Waals surface area contributed by atoms with Crippen LogP contribution < -0.4 is 11.1 Å². The van der Waals surface area contributed by atoms with E-state index in [-0.39, 0.29) is 17.9 Å². The third kappa shape index (κ3) is 5.44. The molecule has 1 aromatic heterocycles. The molecule has 4 aromatic rings. The SMILES string of the molecule is NCC1CCC(C(=O)NC(Cc2ccccc2)c2cccc(-c3cccc4ncccc34)c2)CC1. The number of aromatic nitrogens is 1. The van der Waals surface area contributed by atoms with Gasteiger partial charge in [-0.05, 0) is 85.0 Å². The van der Waals surface area contributed by atoms with E-state index in [9.17, 15) is 4.79 Å². The van der Waals surface area contributed by atoms with E-state index in [1.165, 1.54) is 5.56 Å². The molecule has 0 saturated heterocycles. The van der Waals surface area contributed by atoms with Crippen LogP contribution >= 0.6 is 0 Å². The molecular weight excluding hydrogens is 430 g/mol. The van der Waals surface area contributed by atoms with Crippen LogP contribution in [0, 0.1) is 11.8 Å². The van der Waals surface area contributed by atoms with Crippen molar-refractivity contribution in [2.24, 2.45) is 17.6 Å². The third-order valence-electron chi connectivity index (χ3n) is 7.40. The molecule has 0 bridgehead atoms. The van der Waals surface area contributed by atoms with Gasteiger partial charge < -0.3 is 11.1 Å². The second-order valence-corrected chi connectivity index (χ2v) is 9.71. The maximum Gasteiger partial charge on any atom is 0.223 e. The molecule has 1 unspecified atom stereocenters. The lowest BCUT2D eigenvalue weighted by molar-refractivity contribution is -0.127. The highest BCUT2D eigenvalue weighted by Gasteiger charge is 2.27. The van der Waals surface area contributed by atoms with Crippen LogP contribution in [0.25, 0.3) is 22.0 Å². The quantitative estimate of drug-likeness (QED) is 0.350. The van der Waals surface area contributed by atoms with Gasteiger partial charge in [0.1, 0.15) is 0 Å². The lowest BCUT2D eigenvalue weighted by Gasteiger charge is -2.29. The molecule has 1 atom stereocenters. The number of nitrogens with zero attached hydrogens (tertiary/aromatic N) is 1. The van der Waals surface area contributed by atoms with E-state index >= 15 is 0 Å². The minimum Gasteiger partial charge on any atom is -0.349 e. The Labute approximate surface area is 207 Å². The number of rotatable bonds is 7. The first-order chi connectivity index (χ1) is 17.2. The highest BCUT2D eigenvalue weighted by atomic mass is 16.1. The van der Waals surface area contributed by atoms with Crippen molar-refractivity contribution in [3.8, 4) is 11.1 Å². The Balaban J connectivity index is 1.44. The molecule has 4 heteroatoms. The smallest absolute Gasteiger partial charge is 0.223 e. The second kappa shape index (κ2) is 10.8. The molecule has 1 aliphatic carbocycles. The number of carbonyl (C=O) groups is 1. The molecule has 1 aliphatic rings. The molecule has 0 radical (unpaired) electrons. The Morgan fingerprint density at radius 2 is 1.71 bits per heavy atom. The van der Waals surface area contributed by atoms with E-state index in [1.54, 1.807) is 0 Å². The lowest BCUT2D eigenvalue weighted by Crippen LogP contribution is -2.37. The number of carbonyl (C=O) groups excluding carboxylic acids is 1. The highest BCUT2D eigenvalue weighted by Crippen LogP contribution is 2.32. The molecule has 35 heavy (non-hydrogen) atoms. The van der Waals surface area contributed by atoms with Crippen molar-refractivity contribution in [2.45, 2.75) is 38.1 Å². The topological polar surface area (TPSA) is 68.0 Å². The van der Waals surface area contributed by atoms with Gasteiger partial charge in [0.15, 0.2) is 0 Å². The Bertz CT molecular complexity index is 1270. The molecule has 3 aromatic carbocycles. The minimum atomic E-state index is -0.0924. The molecule has 0 aliphatic heterocycles. The number of nitrogens with one attached hydrogen (secondary N) is 1. The molecule has 5 rings (SSSR count). The summed E-state index contributed by atoms with van der Waals surface area (Å²) in [6.07, 6.45) is 6.52. The number of pyridine rings is 1. The van der Waals surface area contributed by atoms with Crippen LogP contribution in [0.2, 0.25) is 0 Å². The van der Waals surface area contributed by atoms with Gasteiger partial charge in [0.05, 0.1) is 11.6 Å². The maximum atomic E-state index is 13.3. The average Bonchev–Trinajstić information content (AvgIpc) is 2.93. The zero-order chi connectivity index (χ0) is 24.0. The molecule has 1 amide bonds. The van der Waals surface area contributed by atoms with Gasteiger partial charge in [-0.15, -0.1) is 0 Å². The Morgan fingerprint density at radius 3 is 2.51 bits per heavy atom. The fraction of sp³-hybridized carbons (Fsp3) is 0.290. The average molecular weight is 464 g/mol. The van der Waals surface area contributed by atoms with Crippen molar-refractivity contribution in [1.29, 1.82) is 0 Å². The molecule has 4 nitrogen and oxygen atoms in total. The van der Waals surface area contributed by atoms with E-state index < -0.39 is 0 Å². The van der Waals surface area contributed by atoms with E-state index in [2.05, 4.69) is 77.0 Å². The predicted octanol–water partition coefficient (Wildman–Crippen LogP) is 6.07. The van der Waals surface area contributed by atoms with Crippen LogP contribution in [0.1, 0.15) is 42.9 Å². The van der Waals surface area contributed by atoms with Gasteiger partial charge >= 0.3 is 0 Å². The summed E-state index contributed by atoms with van der Waals surface area (Å²) in [7, 11) is 0. The zero-order valence-corrected chi connectivity index (χ0v) is 20.1. The van der Waals surface area contributed by atoms with Crippen LogP contribution in [0.5, 0.6) is 0 Å². The largest absolute Gasteiger partial charge is 0.349 e. The molecule has 0 spiro atoms. The fourth-order valence-corrected chi connectivity index (χ4v) is 5.33. The number of hydrogen-bond acceptors (Lipinski definition) is 3.